The number of carbonyl (C=O) groups excluding carboxylic acids is 1. The molecule has 0 aliphatic carbocycles. The van der Waals surface area contributed by atoms with Gasteiger partial charge in [-0.05, 0) is 12.3 Å². The van der Waals surface area contributed by atoms with Gasteiger partial charge >= 0.3 is 0 Å². The van der Waals surface area contributed by atoms with Gasteiger partial charge in [0, 0.05) is 10.9 Å². The Morgan fingerprint density at radius 2 is 2.14 bits per heavy atom. The second-order valence-corrected chi connectivity index (χ2v) is 4.65. The van der Waals surface area contributed by atoms with Gasteiger partial charge < -0.3 is 15.2 Å². The van der Waals surface area contributed by atoms with Crippen LogP contribution in [0.1, 0.15) is 18.6 Å². The molecule has 2 aromatic rings. The number of terminal acetylenes is 1. The molecule has 2 aromatic carbocycles. The SMILES string of the molecule is C#CCNC(=O)COc1c(C(C)O)ccc2ccccc12. The highest BCUT2D eigenvalue weighted by molar-refractivity contribution is 5.90. The minimum Gasteiger partial charge on any atom is -0.483 e. The molecule has 0 saturated carbocycles. The molecule has 4 heteroatoms. The molecule has 21 heavy (non-hydrogen) atoms. The Hall–Kier alpha value is -2.51. The van der Waals surface area contributed by atoms with Crippen LogP contribution in [0, 0.1) is 12.3 Å². The monoisotopic (exact) mass is 283 g/mol. The first-order chi connectivity index (χ1) is 10.1. The summed E-state index contributed by atoms with van der Waals surface area (Å²) in [5, 5.41) is 14.2. The van der Waals surface area contributed by atoms with Crippen LogP contribution in [-0.4, -0.2) is 24.2 Å². The number of aliphatic hydroxyl groups is 1. The number of ether oxygens (including phenoxy) is 1. The summed E-state index contributed by atoms with van der Waals surface area (Å²) in [6, 6.07) is 11.4. The second kappa shape index (κ2) is 6.78. The molecule has 0 heterocycles. The highest BCUT2D eigenvalue weighted by Crippen LogP contribution is 2.33. The summed E-state index contributed by atoms with van der Waals surface area (Å²) in [5.41, 5.74) is 0.651. The smallest absolute Gasteiger partial charge is 0.258 e. The maximum Gasteiger partial charge on any atom is 0.258 e. The van der Waals surface area contributed by atoms with Gasteiger partial charge in [0.05, 0.1) is 12.6 Å². The van der Waals surface area contributed by atoms with Gasteiger partial charge in [-0.3, -0.25) is 4.79 Å². The van der Waals surface area contributed by atoms with Crippen molar-refractivity contribution in [1.82, 2.24) is 5.32 Å². The Kier molecular flexibility index (Phi) is 4.81. The Bertz CT molecular complexity index is 686. The number of nitrogens with one attached hydrogen (secondary N) is 1. The second-order valence-electron chi connectivity index (χ2n) is 4.65. The molecule has 1 atom stereocenters. The van der Waals surface area contributed by atoms with Crippen LogP contribution in [0.25, 0.3) is 10.8 Å². The molecule has 108 valence electrons. The normalized spacial score (nSPS) is 11.7. The summed E-state index contributed by atoms with van der Waals surface area (Å²) in [7, 11) is 0. The number of benzene rings is 2. The minimum atomic E-state index is -0.682. The van der Waals surface area contributed by atoms with Crippen molar-refractivity contribution in [1.29, 1.82) is 0 Å². The van der Waals surface area contributed by atoms with Crippen molar-refractivity contribution in [3.05, 3.63) is 42.0 Å². The van der Waals surface area contributed by atoms with Crippen molar-refractivity contribution in [2.24, 2.45) is 0 Å². The lowest BCUT2D eigenvalue weighted by molar-refractivity contribution is -0.122. The molecule has 0 spiro atoms. The molecule has 4 nitrogen and oxygen atoms in total. The number of amides is 1. The molecule has 0 bridgehead atoms. The van der Waals surface area contributed by atoms with Crippen LogP contribution < -0.4 is 10.1 Å². The van der Waals surface area contributed by atoms with E-state index in [9.17, 15) is 9.90 Å². The highest BCUT2D eigenvalue weighted by Gasteiger charge is 2.14. The van der Waals surface area contributed by atoms with E-state index in [1.54, 1.807) is 6.92 Å². The third-order valence-electron chi connectivity index (χ3n) is 3.10. The van der Waals surface area contributed by atoms with Crippen LogP contribution >= 0.6 is 0 Å². The standard InChI is InChI=1S/C17H17NO3/c1-3-10-18-16(20)11-21-17-14(12(2)19)9-8-13-6-4-5-7-15(13)17/h1,4-9,12,19H,10-11H2,2H3,(H,18,20). The van der Waals surface area contributed by atoms with Gasteiger partial charge in [0.1, 0.15) is 5.75 Å². The van der Waals surface area contributed by atoms with E-state index in [0.29, 0.717) is 11.3 Å². The minimum absolute atomic E-state index is 0.143. The van der Waals surface area contributed by atoms with E-state index in [0.717, 1.165) is 10.8 Å². The molecule has 0 aromatic heterocycles. The Labute approximate surface area is 123 Å². The number of hydrogen-bond acceptors (Lipinski definition) is 3. The summed E-state index contributed by atoms with van der Waals surface area (Å²) in [4.78, 5) is 11.6. The van der Waals surface area contributed by atoms with Gasteiger partial charge in [0.15, 0.2) is 6.61 Å². The van der Waals surface area contributed by atoms with Crippen LogP contribution in [0.15, 0.2) is 36.4 Å². The fourth-order valence-electron chi connectivity index (χ4n) is 2.09. The molecular weight excluding hydrogens is 266 g/mol. The average molecular weight is 283 g/mol. The third kappa shape index (κ3) is 3.53. The summed E-state index contributed by atoms with van der Waals surface area (Å²) < 4.78 is 5.63. The Balaban J connectivity index is 2.29. The highest BCUT2D eigenvalue weighted by atomic mass is 16.5. The zero-order chi connectivity index (χ0) is 15.2. The van der Waals surface area contributed by atoms with E-state index in [1.165, 1.54) is 0 Å². The van der Waals surface area contributed by atoms with Crippen molar-refractivity contribution in [3.63, 3.8) is 0 Å². The van der Waals surface area contributed by atoms with Gasteiger partial charge in [-0.2, -0.15) is 0 Å². The quantitative estimate of drug-likeness (QED) is 0.825. The lowest BCUT2D eigenvalue weighted by Crippen LogP contribution is -2.29. The third-order valence-corrected chi connectivity index (χ3v) is 3.10. The van der Waals surface area contributed by atoms with Gasteiger partial charge in [0.2, 0.25) is 0 Å². The van der Waals surface area contributed by atoms with E-state index in [2.05, 4.69) is 11.2 Å². The van der Waals surface area contributed by atoms with Crippen molar-refractivity contribution in [2.75, 3.05) is 13.2 Å². The lowest BCUT2D eigenvalue weighted by atomic mass is 10.0. The Morgan fingerprint density at radius 3 is 2.86 bits per heavy atom. The summed E-state index contributed by atoms with van der Waals surface area (Å²) >= 11 is 0. The predicted octanol–water partition coefficient (Wildman–Crippen LogP) is 2.02. The number of hydrogen-bond donors (Lipinski definition) is 2. The van der Waals surface area contributed by atoms with Crippen LogP contribution in [-0.2, 0) is 4.79 Å². The first-order valence-electron chi connectivity index (χ1n) is 6.66. The summed E-state index contributed by atoms with van der Waals surface area (Å²) in [6.07, 6.45) is 4.40. The Morgan fingerprint density at radius 1 is 1.38 bits per heavy atom. The van der Waals surface area contributed by atoms with Crippen molar-refractivity contribution in [3.8, 4) is 18.1 Å². The molecule has 0 fully saturated rings. The van der Waals surface area contributed by atoms with E-state index in [1.807, 2.05) is 36.4 Å². The predicted molar refractivity (Wildman–Crippen MR) is 81.9 cm³/mol. The van der Waals surface area contributed by atoms with Crippen LogP contribution in [0.2, 0.25) is 0 Å². The molecule has 0 radical (unpaired) electrons. The first kappa shape index (κ1) is 14.9. The van der Waals surface area contributed by atoms with Gasteiger partial charge in [-0.15, -0.1) is 6.42 Å². The van der Waals surface area contributed by atoms with Crippen LogP contribution in [0.5, 0.6) is 5.75 Å². The van der Waals surface area contributed by atoms with Crippen molar-refractivity contribution in [2.45, 2.75) is 13.0 Å². The van der Waals surface area contributed by atoms with Crippen LogP contribution in [0.4, 0.5) is 0 Å². The summed E-state index contributed by atoms with van der Waals surface area (Å²) in [5.74, 6) is 2.56. The lowest BCUT2D eigenvalue weighted by Gasteiger charge is -2.16. The molecule has 0 aliphatic rings. The van der Waals surface area contributed by atoms with E-state index in [-0.39, 0.29) is 19.1 Å². The number of fused-ring (bicyclic) bond motifs is 1. The molecular formula is C17H17NO3. The zero-order valence-electron chi connectivity index (χ0n) is 11.8. The number of rotatable bonds is 5. The van der Waals surface area contributed by atoms with Gasteiger partial charge in [-0.25, -0.2) is 0 Å². The molecule has 1 unspecified atom stereocenters. The largest absolute Gasteiger partial charge is 0.483 e. The number of aliphatic hydroxyl groups excluding tert-OH is 1. The van der Waals surface area contributed by atoms with Gasteiger partial charge in [-0.1, -0.05) is 42.3 Å². The molecule has 0 aliphatic heterocycles. The van der Waals surface area contributed by atoms with E-state index in [4.69, 9.17) is 11.2 Å². The summed E-state index contributed by atoms with van der Waals surface area (Å²) in [6.45, 7) is 1.69. The molecule has 1 amide bonds. The fourth-order valence-corrected chi connectivity index (χ4v) is 2.09. The topological polar surface area (TPSA) is 58.6 Å². The maximum absolute atomic E-state index is 11.6. The maximum atomic E-state index is 11.6. The van der Waals surface area contributed by atoms with Crippen molar-refractivity contribution < 1.29 is 14.6 Å². The molecule has 0 saturated heterocycles. The van der Waals surface area contributed by atoms with E-state index >= 15 is 0 Å². The molecule has 2 rings (SSSR count). The number of carbonyl (C=O) groups is 1. The molecule has 2 N–H and O–H groups in total. The van der Waals surface area contributed by atoms with Crippen LogP contribution in [0.3, 0.4) is 0 Å². The average Bonchev–Trinajstić information content (AvgIpc) is 2.50. The van der Waals surface area contributed by atoms with E-state index < -0.39 is 6.10 Å². The fraction of sp³-hybridized carbons (Fsp3) is 0.235. The van der Waals surface area contributed by atoms with Gasteiger partial charge in [0.25, 0.3) is 5.91 Å². The van der Waals surface area contributed by atoms with Crippen molar-refractivity contribution >= 4 is 16.7 Å². The zero-order valence-corrected chi connectivity index (χ0v) is 11.8. The first-order valence-corrected chi connectivity index (χ1v) is 6.66.